The highest BCUT2D eigenvalue weighted by Crippen LogP contribution is 2.38. The third-order valence-electron chi connectivity index (χ3n) is 13.6. The number of aryl methyl sites for hydroxylation is 3. The van der Waals surface area contributed by atoms with Gasteiger partial charge in [-0.3, -0.25) is 20.0 Å². The molecule has 0 saturated carbocycles. The van der Waals surface area contributed by atoms with Crippen LogP contribution in [-0.2, 0) is 0 Å². The van der Waals surface area contributed by atoms with Crippen LogP contribution in [0.5, 0.6) is 0 Å². The van der Waals surface area contributed by atoms with E-state index in [4.69, 9.17) is 10.7 Å². The third-order valence-corrected chi connectivity index (χ3v) is 15.6. The fourth-order valence-electron chi connectivity index (χ4n) is 9.47. The Hall–Kier alpha value is -8.96. The molecule has 1 aliphatic heterocycles. The summed E-state index contributed by atoms with van der Waals surface area (Å²) in [5, 5.41) is 10.9. The van der Waals surface area contributed by atoms with Gasteiger partial charge in [-0.05, 0) is 126 Å². The van der Waals surface area contributed by atoms with Crippen LogP contribution in [-0.4, -0.2) is 69.6 Å². The maximum atomic E-state index is 16.2. The first-order valence-electron chi connectivity index (χ1n) is 27.0. The lowest BCUT2D eigenvalue weighted by atomic mass is 10.0. The molecule has 16 heteroatoms. The Bertz CT molecular complexity index is 4000. The number of nitrogens with one attached hydrogen (secondary N) is 4. The smallest absolute Gasteiger partial charge is 0.178 e. The maximum absolute atomic E-state index is 16.2. The van der Waals surface area contributed by atoms with Gasteiger partial charge >= 0.3 is 0 Å². The molecule has 1 aliphatic rings. The molecule has 6 N–H and O–H groups in total. The number of hydrogen-bond acceptors (Lipinski definition) is 11. The van der Waals surface area contributed by atoms with Crippen LogP contribution in [0.2, 0.25) is 0 Å². The molecule has 9 aromatic rings. The number of thiophene rings is 2. The fourth-order valence-corrected chi connectivity index (χ4v) is 11.3. The normalized spacial score (nSPS) is 13.4. The number of rotatable bonds is 18. The van der Waals surface area contributed by atoms with Gasteiger partial charge in [0, 0.05) is 77.2 Å². The van der Waals surface area contributed by atoms with Crippen molar-refractivity contribution in [2.24, 2.45) is 0 Å². The summed E-state index contributed by atoms with van der Waals surface area (Å²) in [6.07, 6.45) is 21.8. The highest BCUT2D eigenvalue weighted by atomic mass is 32.1. The van der Waals surface area contributed by atoms with Gasteiger partial charge in [0.05, 0.1) is 40.2 Å². The zero-order valence-corrected chi connectivity index (χ0v) is 49.1. The van der Waals surface area contributed by atoms with Crippen LogP contribution in [0, 0.1) is 32.4 Å². The quantitative estimate of drug-likeness (QED) is 0.0526. The standard InChI is InChI=1S/C35H34FN5S.C29H28FN7S.C2H6/c1-8-14-28(30-18-17-21(4)42-30)33-24(7)40-35(41-33)22(5)31-29(37)20-38-34(32(31)36)25(9-2)19-27(10-3)39-23(6)26-15-12-11-13-16-26;1-4-18(16-37-12-6-7-13-37)14-19(5-2)25-24(30)23-21(15-32-25)35-36-27(23)29-33-26-20(10-11-31-28(26)34-29)22-9-8-17(3)38-22;1-2/h8-20,39H,1,3,5-6,37H2,2,4,7H3,(H,40,41);4-5,8-11,14-15H,1,6-7,12-13,16H2,2-3H3,(H,35,36)(H,31,33,34);1-2H3/b25-9+,27-19+,28-14-;18-14+,19-5+;. The fraction of sp³-hybridized carbons (Fsp3) is 0.182. The lowest BCUT2D eigenvalue weighted by Gasteiger charge is -2.15. The lowest BCUT2D eigenvalue weighted by Crippen LogP contribution is -2.21. The second kappa shape index (κ2) is 27.0. The molecule has 418 valence electrons. The number of nitrogens with two attached hydrogens (primary N) is 1. The molecule has 0 spiro atoms. The van der Waals surface area contributed by atoms with Gasteiger partial charge in [-0.1, -0.05) is 107 Å². The minimum absolute atomic E-state index is 0.124. The van der Waals surface area contributed by atoms with Gasteiger partial charge in [0.1, 0.15) is 22.9 Å². The second-order valence-corrected chi connectivity index (χ2v) is 21.6. The maximum Gasteiger partial charge on any atom is 0.178 e. The first-order valence-corrected chi connectivity index (χ1v) is 28.7. The van der Waals surface area contributed by atoms with E-state index in [-0.39, 0.29) is 22.6 Å². The molecule has 1 fully saturated rings. The van der Waals surface area contributed by atoms with Gasteiger partial charge in [-0.25, -0.2) is 23.7 Å². The summed E-state index contributed by atoms with van der Waals surface area (Å²) in [4.78, 5) is 36.3. The van der Waals surface area contributed by atoms with Gasteiger partial charge in [-0.2, -0.15) is 5.10 Å². The van der Waals surface area contributed by atoms with Crippen LogP contribution in [0.1, 0.15) is 94.9 Å². The molecule has 9 heterocycles. The minimum Gasteiger partial charge on any atom is -0.397 e. The molecule has 10 rings (SSSR count). The summed E-state index contributed by atoms with van der Waals surface area (Å²) in [6.45, 7) is 36.7. The van der Waals surface area contributed by atoms with Crippen molar-refractivity contribution >= 4 is 78.4 Å². The van der Waals surface area contributed by atoms with Crippen molar-refractivity contribution in [3.63, 3.8) is 0 Å². The summed E-state index contributed by atoms with van der Waals surface area (Å²) in [6, 6.07) is 20.0. The van der Waals surface area contributed by atoms with Gasteiger partial charge in [0.25, 0.3) is 0 Å². The van der Waals surface area contributed by atoms with E-state index in [1.807, 2.05) is 95.3 Å². The van der Waals surface area contributed by atoms with Crippen LogP contribution >= 0.6 is 22.7 Å². The largest absolute Gasteiger partial charge is 0.397 e. The molecule has 1 saturated heterocycles. The average Bonchev–Trinajstić information content (AvgIpc) is 4.57. The van der Waals surface area contributed by atoms with E-state index in [0.29, 0.717) is 62.0 Å². The van der Waals surface area contributed by atoms with E-state index in [1.165, 1.54) is 28.8 Å². The minimum atomic E-state index is -0.596. The van der Waals surface area contributed by atoms with Gasteiger partial charge in [-0.15, -0.1) is 22.7 Å². The number of pyridine rings is 3. The Morgan fingerprint density at radius 2 is 1.49 bits per heavy atom. The Morgan fingerprint density at radius 1 is 0.793 bits per heavy atom. The third kappa shape index (κ3) is 13.0. The van der Waals surface area contributed by atoms with Crippen molar-refractivity contribution in [1.29, 1.82) is 0 Å². The zero-order valence-electron chi connectivity index (χ0n) is 47.5. The Labute approximate surface area is 486 Å². The summed E-state index contributed by atoms with van der Waals surface area (Å²) in [7, 11) is 0. The molecule has 0 unspecified atom stereocenters. The number of likely N-dealkylation sites (tertiary alicyclic amines) is 1. The summed E-state index contributed by atoms with van der Waals surface area (Å²) >= 11 is 3.37. The molecule has 0 bridgehead atoms. The van der Waals surface area contributed by atoms with E-state index in [0.717, 1.165) is 68.6 Å². The van der Waals surface area contributed by atoms with Crippen molar-refractivity contribution in [1.82, 2.24) is 55.3 Å². The van der Waals surface area contributed by atoms with Crippen molar-refractivity contribution < 1.29 is 8.78 Å². The molecule has 8 aromatic heterocycles. The Kier molecular flexibility index (Phi) is 19.5. The molecule has 0 radical (unpaired) electrons. The molecule has 0 atom stereocenters. The molecule has 0 aliphatic carbocycles. The van der Waals surface area contributed by atoms with E-state index in [2.05, 4.69) is 121 Å². The SMILES string of the molecule is C=C/C(=C\C(=C/C)c1ncc2[nH]nc(-c3nc4nccc(-c5ccc(C)s5)c4[nH]3)c2c1F)CN1CCCC1.C=C/C=C(/c1ccc(C)s1)c1nc(C(=C)c2c(N)cnc(C(/C=C(\C=C)NC(=C)c3ccccc3)=C/C)c2F)[nH]c1C.CC. The number of allylic oxidation sites excluding steroid dienone is 9. The average molecular weight is 1130 g/mol. The second-order valence-electron chi connectivity index (χ2n) is 19.0. The van der Waals surface area contributed by atoms with Crippen LogP contribution in [0.3, 0.4) is 0 Å². The molecule has 1 aromatic carbocycles. The van der Waals surface area contributed by atoms with Crippen molar-refractivity contribution in [2.45, 2.75) is 61.3 Å². The molecular formula is C66H68F2N12S2. The van der Waals surface area contributed by atoms with Crippen LogP contribution in [0.25, 0.3) is 72.0 Å². The van der Waals surface area contributed by atoms with Crippen LogP contribution in [0.15, 0.2) is 172 Å². The number of hydrogen-bond donors (Lipinski definition) is 5. The first-order chi connectivity index (χ1) is 39.7. The number of imidazole rings is 2. The summed E-state index contributed by atoms with van der Waals surface area (Å²) in [5.74, 6) is -0.170. The van der Waals surface area contributed by atoms with Crippen molar-refractivity contribution in [3.05, 3.63) is 238 Å². The number of benzene rings is 1. The molecule has 82 heavy (non-hydrogen) atoms. The van der Waals surface area contributed by atoms with Gasteiger partial charge in [0.15, 0.2) is 23.1 Å². The van der Waals surface area contributed by atoms with E-state index < -0.39 is 11.6 Å². The van der Waals surface area contributed by atoms with Crippen LogP contribution in [0.4, 0.5) is 14.5 Å². The number of fused-ring (bicyclic) bond motifs is 2. The number of nitrogen functional groups attached to an aromatic ring is 1. The number of aromatic nitrogens is 9. The monoisotopic (exact) mass is 1130 g/mol. The highest BCUT2D eigenvalue weighted by molar-refractivity contribution is 7.15. The highest BCUT2D eigenvalue weighted by Gasteiger charge is 2.25. The Morgan fingerprint density at radius 3 is 2.15 bits per heavy atom. The topological polar surface area (TPSA) is 166 Å². The van der Waals surface area contributed by atoms with E-state index in [9.17, 15) is 0 Å². The molecule has 0 amide bonds. The summed E-state index contributed by atoms with van der Waals surface area (Å²) in [5.41, 5.74) is 17.5. The van der Waals surface area contributed by atoms with Crippen molar-refractivity contribution in [3.8, 4) is 22.0 Å². The number of nitrogens with zero attached hydrogens (tertiary/aromatic N) is 7. The number of halogens is 2. The Balaban J connectivity index is 0.000000209. The number of anilines is 1. The van der Waals surface area contributed by atoms with Gasteiger partial charge in [0.2, 0.25) is 0 Å². The first kappa shape index (κ1) is 59.2. The zero-order chi connectivity index (χ0) is 58.6. The predicted octanol–water partition coefficient (Wildman–Crippen LogP) is 16.3. The summed E-state index contributed by atoms with van der Waals surface area (Å²) < 4.78 is 32.4. The number of H-pyrrole nitrogens is 3. The van der Waals surface area contributed by atoms with Crippen molar-refractivity contribution in [2.75, 3.05) is 25.4 Å². The van der Waals surface area contributed by atoms with Gasteiger partial charge < -0.3 is 21.0 Å². The van der Waals surface area contributed by atoms with Crippen LogP contribution < -0.4 is 11.1 Å². The number of aromatic amines is 3. The van der Waals surface area contributed by atoms with E-state index >= 15 is 8.78 Å². The lowest BCUT2D eigenvalue weighted by molar-refractivity contribution is 0.371. The molecule has 12 nitrogen and oxygen atoms in total. The molecular weight excluding hydrogens is 1060 g/mol. The predicted molar refractivity (Wildman–Crippen MR) is 341 cm³/mol. The van der Waals surface area contributed by atoms with E-state index in [1.54, 1.807) is 59.4 Å².